The molecule has 0 saturated carbocycles. The summed E-state index contributed by atoms with van der Waals surface area (Å²) in [6.45, 7) is 6.20. The van der Waals surface area contributed by atoms with E-state index in [0.29, 0.717) is 0 Å². The number of hydrogen-bond acceptors (Lipinski definition) is 2. The molecule has 8 aromatic rings. The fourth-order valence-corrected chi connectivity index (χ4v) is 8.54. The normalized spacial score (nSPS) is 12.7. The van der Waals surface area contributed by atoms with Crippen molar-refractivity contribution in [2.24, 2.45) is 0 Å². The molecule has 0 fully saturated rings. The van der Waals surface area contributed by atoms with Crippen LogP contribution in [-0.4, -0.2) is 11.6 Å². The number of hydrogen-bond donors (Lipinski definition) is 1. The quantitative estimate of drug-likeness (QED) is 0.163. The molecule has 3 heteroatoms. The first kappa shape index (κ1) is 31.5. The van der Waals surface area contributed by atoms with Gasteiger partial charge in [-0.3, -0.25) is 0 Å². The van der Waals surface area contributed by atoms with Gasteiger partial charge in [-0.25, -0.2) is 0 Å². The molecule has 2 heterocycles. The van der Waals surface area contributed by atoms with Gasteiger partial charge in [0.2, 0.25) is 0 Å². The standard InChI is InChI=1S/C47H38N2S/c1-4-15-46-37(5-2)40-22-14-21-38(47(40)50-46)35-26-29-45-42(30-35)39-20-12-13-23-44(39)49(45)36-27-24-33(25-28-36)41(32-16-8-6-9-17-32)31-43(48-3)34-18-10-7-11-19-34/h4-31,43,48H,2H2,1,3H3/b15-4-,41-31-. The summed E-state index contributed by atoms with van der Waals surface area (Å²) in [6, 6.07) is 52.7. The van der Waals surface area contributed by atoms with Crippen molar-refractivity contribution < 1.29 is 0 Å². The number of likely N-dealkylation sites (N-methyl/N-ethyl adjacent to an activating group) is 1. The maximum atomic E-state index is 4.13. The number of thiophene rings is 1. The molecule has 0 bridgehead atoms. The number of nitrogens with zero attached hydrogens (tertiary/aromatic N) is 1. The second-order valence-electron chi connectivity index (χ2n) is 12.5. The Labute approximate surface area is 298 Å². The highest BCUT2D eigenvalue weighted by Crippen LogP contribution is 2.42. The van der Waals surface area contributed by atoms with Crippen molar-refractivity contribution in [3.63, 3.8) is 0 Å². The molecule has 2 aromatic heterocycles. The van der Waals surface area contributed by atoms with Crippen LogP contribution >= 0.6 is 11.3 Å². The number of aromatic nitrogens is 1. The van der Waals surface area contributed by atoms with E-state index in [1.54, 1.807) is 0 Å². The minimum Gasteiger partial charge on any atom is -0.310 e. The van der Waals surface area contributed by atoms with Crippen LogP contribution in [0.3, 0.4) is 0 Å². The van der Waals surface area contributed by atoms with E-state index in [-0.39, 0.29) is 6.04 Å². The van der Waals surface area contributed by atoms with Gasteiger partial charge in [-0.2, -0.15) is 0 Å². The van der Waals surface area contributed by atoms with Gasteiger partial charge in [0, 0.05) is 31.4 Å². The average molecular weight is 663 g/mol. The maximum Gasteiger partial charge on any atom is 0.0541 e. The van der Waals surface area contributed by atoms with Crippen LogP contribution in [0, 0.1) is 0 Å². The van der Waals surface area contributed by atoms with Gasteiger partial charge in [-0.1, -0.05) is 140 Å². The molecule has 0 aliphatic carbocycles. The van der Waals surface area contributed by atoms with Gasteiger partial charge in [0.25, 0.3) is 0 Å². The second-order valence-corrected chi connectivity index (χ2v) is 13.6. The fraction of sp³-hybridized carbons (Fsp3) is 0.0638. The first-order chi connectivity index (χ1) is 24.7. The first-order valence-electron chi connectivity index (χ1n) is 17.1. The molecule has 1 N–H and O–H groups in total. The molecular weight excluding hydrogens is 625 g/mol. The molecule has 0 amide bonds. The number of rotatable bonds is 9. The Morgan fingerprint density at radius 3 is 2.12 bits per heavy atom. The SMILES string of the molecule is C=Cc1c(/C=C\C)sc2c(-c3ccc4c(c3)c3ccccc3n4-c3ccc(/C(=C\C(NC)c4ccccc4)c4ccccc4)cc3)cccc12. The van der Waals surface area contributed by atoms with E-state index >= 15 is 0 Å². The van der Waals surface area contributed by atoms with Gasteiger partial charge >= 0.3 is 0 Å². The smallest absolute Gasteiger partial charge is 0.0541 e. The highest BCUT2D eigenvalue weighted by molar-refractivity contribution is 7.20. The Bertz CT molecular complexity index is 2530. The van der Waals surface area contributed by atoms with E-state index in [2.05, 4.69) is 187 Å². The molecule has 0 spiro atoms. The Hall–Kier alpha value is -5.74. The zero-order chi connectivity index (χ0) is 34.0. The topological polar surface area (TPSA) is 17.0 Å². The number of allylic oxidation sites excluding steroid dienone is 1. The van der Waals surface area contributed by atoms with Gasteiger partial charge in [0.15, 0.2) is 0 Å². The van der Waals surface area contributed by atoms with Crippen LogP contribution in [0.1, 0.15) is 40.1 Å². The molecule has 0 saturated heterocycles. The van der Waals surface area contributed by atoms with Gasteiger partial charge in [-0.05, 0) is 89.3 Å². The minimum atomic E-state index is 0.0794. The highest BCUT2D eigenvalue weighted by Gasteiger charge is 2.17. The first-order valence-corrected chi connectivity index (χ1v) is 17.9. The predicted octanol–water partition coefficient (Wildman–Crippen LogP) is 12.7. The Morgan fingerprint density at radius 1 is 0.700 bits per heavy atom. The van der Waals surface area contributed by atoms with Crippen molar-refractivity contribution in [2.45, 2.75) is 13.0 Å². The van der Waals surface area contributed by atoms with E-state index in [4.69, 9.17) is 0 Å². The zero-order valence-corrected chi connectivity index (χ0v) is 29.1. The zero-order valence-electron chi connectivity index (χ0n) is 28.3. The Balaban J connectivity index is 1.24. The summed E-state index contributed by atoms with van der Waals surface area (Å²) in [5.74, 6) is 0. The monoisotopic (exact) mass is 662 g/mol. The number of nitrogens with one attached hydrogen (secondary N) is 1. The molecule has 0 radical (unpaired) electrons. The molecule has 8 rings (SSSR count). The van der Waals surface area contributed by atoms with E-state index in [0.717, 1.165) is 5.69 Å². The molecule has 6 aromatic carbocycles. The predicted molar refractivity (Wildman–Crippen MR) is 218 cm³/mol. The molecule has 242 valence electrons. The molecule has 1 unspecified atom stereocenters. The van der Waals surface area contributed by atoms with Crippen LogP contribution in [0.15, 0.2) is 164 Å². The van der Waals surface area contributed by atoms with Crippen LogP contribution in [-0.2, 0) is 0 Å². The van der Waals surface area contributed by atoms with E-state index < -0.39 is 0 Å². The van der Waals surface area contributed by atoms with E-state index in [1.807, 2.05) is 24.5 Å². The van der Waals surface area contributed by atoms with Crippen LogP contribution < -0.4 is 5.32 Å². The van der Waals surface area contributed by atoms with Crippen molar-refractivity contribution >= 4 is 61.0 Å². The van der Waals surface area contributed by atoms with Crippen molar-refractivity contribution in [1.82, 2.24) is 9.88 Å². The van der Waals surface area contributed by atoms with Crippen LogP contribution in [0.25, 0.3) is 66.4 Å². The van der Waals surface area contributed by atoms with Gasteiger partial charge in [0.1, 0.15) is 0 Å². The largest absolute Gasteiger partial charge is 0.310 e. The summed E-state index contributed by atoms with van der Waals surface area (Å²) in [5, 5.41) is 7.27. The minimum absolute atomic E-state index is 0.0794. The van der Waals surface area contributed by atoms with Crippen molar-refractivity contribution in [1.29, 1.82) is 0 Å². The lowest BCUT2D eigenvalue weighted by Gasteiger charge is -2.17. The lowest BCUT2D eigenvalue weighted by molar-refractivity contribution is 0.716. The van der Waals surface area contributed by atoms with E-state index in [9.17, 15) is 0 Å². The molecule has 50 heavy (non-hydrogen) atoms. The third kappa shape index (κ3) is 5.61. The van der Waals surface area contributed by atoms with Crippen LogP contribution in [0.2, 0.25) is 0 Å². The van der Waals surface area contributed by atoms with Crippen molar-refractivity contribution in [3.8, 4) is 16.8 Å². The summed E-state index contributed by atoms with van der Waals surface area (Å²) in [7, 11) is 2.02. The molecule has 2 nitrogen and oxygen atoms in total. The fourth-order valence-electron chi connectivity index (χ4n) is 7.23. The highest BCUT2D eigenvalue weighted by atomic mass is 32.1. The lowest BCUT2D eigenvalue weighted by atomic mass is 9.93. The lowest BCUT2D eigenvalue weighted by Crippen LogP contribution is -2.14. The van der Waals surface area contributed by atoms with Crippen molar-refractivity contribution in [2.75, 3.05) is 7.05 Å². The van der Waals surface area contributed by atoms with E-state index in [1.165, 1.54) is 75.7 Å². The summed E-state index contributed by atoms with van der Waals surface area (Å²) in [5.41, 5.74) is 12.0. The van der Waals surface area contributed by atoms with Gasteiger partial charge in [-0.15, -0.1) is 11.3 Å². The van der Waals surface area contributed by atoms with Gasteiger partial charge < -0.3 is 9.88 Å². The second kappa shape index (κ2) is 13.6. The van der Waals surface area contributed by atoms with Gasteiger partial charge in [0.05, 0.1) is 17.1 Å². The third-order valence-electron chi connectivity index (χ3n) is 9.61. The van der Waals surface area contributed by atoms with Crippen LogP contribution in [0.4, 0.5) is 0 Å². The average Bonchev–Trinajstić information content (AvgIpc) is 3.71. The molecular formula is C47H38N2S. The summed E-state index contributed by atoms with van der Waals surface area (Å²) in [6.07, 6.45) is 8.62. The Morgan fingerprint density at radius 2 is 1.38 bits per heavy atom. The number of para-hydroxylation sites is 1. The third-order valence-corrected chi connectivity index (χ3v) is 10.8. The van der Waals surface area contributed by atoms with Crippen molar-refractivity contribution in [3.05, 3.63) is 191 Å². The molecule has 0 aliphatic rings. The summed E-state index contributed by atoms with van der Waals surface area (Å²) < 4.78 is 3.69. The molecule has 0 aliphatic heterocycles. The van der Waals surface area contributed by atoms with Crippen LogP contribution in [0.5, 0.6) is 0 Å². The number of fused-ring (bicyclic) bond motifs is 4. The maximum absolute atomic E-state index is 4.13. The summed E-state index contributed by atoms with van der Waals surface area (Å²) in [4.78, 5) is 1.25. The summed E-state index contributed by atoms with van der Waals surface area (Å²) >= 11 is 1.84. The Kier molecular flexibility index (Phi) is 8.60. The number of benzene rings is 6. The molecule has 1 atom stereocenters.